The molecular weight excluding hydrogens is 494 g/mol. The fraction of sp³-hybridized carbons (Fsp3) is 0.480. The number of carbonyl (C=O) groups is 2. The molecule has 1 unspecified atom stereocenters. The van der Waals surface area contributed by atoms with Crippen LogP contribution >= 0.6 is 11.8 Å². The molecule has 3 aromatic rings. The van der Waals surface area contributed by atoms with Gasteiger partial charge in [0.15, 0.2) is 10.8 Å². The Bertz CT molecular complexity index is 1280. The second-order valence-electron chi connectivity index (χ2n) is 8.87. The van der Waals surface area contributed by atoms with Gasteiger partial charge in [0.2, 0.25) is 11.8 Å². The van der Waals surface area contributed by atoms with Crippen molar-refractivity contribution in [3.05, 3.63) is 30.5 Å². The molecule has 196 valence electrons. The largest absolute Gasteiger partial charge is 0.497 e. The van der Waals surface area contributed by atoms with Crippen LogP contribution in [0.1, 0.15) is 13.3 Å². The third kappa shape index (κ3) is 5.49. The first-order valence-electron chi connectivity index (χ1n) is 12.5. The minimum atomic E-state index is -0.407. The van der Waals surface area contributed by atoms with Gasteiger partial charge in [0.1, 0.15) is 11.6 Å². The van der Waals surface area contributed by atoms with Crippen LogP contribution in [-0.4, -0.2) is 83.8 Å². The lowest BCUT2D eigenvalue weighted by Crippen LogP contribution is -2.37. The number of amides is 2. The highest BCUT2D eigenvalue weighted by atomic mass is 32.2. The Labute approximate surface area is 219 Å². The average Bonchev–Trinajstić information content (AvgIpc) is 3.52. The number of morpholine rings is 1. The Morgan fingerprint density at radius 2 is 2.11 bits per heavy atom. The Balaban J connectivity index is 1.24. The van der Waals surface area contributed by atoms with Crippen molar-refractivity contribution in [1.82, 2.24) is 25.1 Å². The third-order valence-electron chi connectivity index (χ3n) is 6.52. The molecule has 2 saturated heterocycles. The number of hydrogen-bond acceptors (Lipinski definition) is 9. The van der Waals surface area contributed by atoms with Gasteiger partial charge in [0.05, 0.1) is 44.4 Å². The maximum atomic E-state index is 12.9. The van der Waals surface area contributed by atoms with Gasteiger partial charge in [0.25, 0.3) is 0 Å². The topological polar surface area (TPSA) is 115 Å². The van der Waals surface area contributed by atoms with Gasteiger partial charge in [-0.25, -0.2) is 14.6 Å². The number of hydrogen-bond donors (Lipinski definition) is 1. The second-order valence-corrected chi connectivity index (χ2v) is 10.1. The van der Waals surface area contributed by atoms with Crippen molar-refractivity contribution < 1.29 is 19.1 Å². The molecule has 0 bridgehead atoms. The van der Waals surface area contributed by atoms with Crippen LogP contribution in [-0.2, 0) is 20.9 Å². The van der Waals surface area contributed by atoms with E-state index in [1.807, 2.05) is 22.9 Å². The normalized spacial score (nSPS) is 18.0. The molecule has 0 saturated carbocycles. The van der Waals surface area contributed by atoms with E-state index in [1.165, 1.54) is 0 Å². The molecule has 11 nitrogen and oxygen atoms in total. The first kappa shape index (κ1) is 25.3. The van der Waals surface area contributed by atoms with E-state index in [1.54, 1.807) is 36.0 Å². The second kappa shape index (κ2) is 11.3. The van der Waals surface area contributed by atoms with Crippen LogP contribution in [0.5, 0.6) is 5.75 Å². The zero-order valence-corrected chi connectivity index (χ0v) is 21.9. The number of nitrogens with zero attached hydrogens (tertiary/aromatic N) is 6. The van der Waals surface area contributed by atoms with Gasteiger partial charge in [0, 0.05) is 44.4 Å². The molecule has 1 atom stereocenters. The molecular formula is C25H31N7O4S. The smallest absolute Gasteiger partial charge is 0.227 e. The number of fused-ring (bicyclic) bond motifs is 1. The van der Waals surface area contributed by atoms with Crippen molar-refractivity contribution in [2.24, 2.45) is 5.92 Å². The summed E-state index contributed by atoms with van der Waals surface area (Å²) in [7, 11) is 1.59. The van der Waals surface area contributed by atoms with Crippen molar-refractivity contribution in [3.63, 3.8) is 0 Å². The SMILES string of the molecule is CCSc1nc(N2CCOCC2)c2cnn(CCNC(=O)C3CC(=O)N(c4cccc(OC)c4)C3)c2n1. The molecule has 2 aliphatic heterocycles. The zero-order valence-electron chi connectivity index (χ0n) is 21.1. The van der Waals surface area contributed by atoms with Gasteiger partial charge in [-0.1, -0.05) is 24.8 Å². The van der Waals surface area contributed by atoms with Crippen LogP contribution < -0.4 is 19.9 Å². The van der Waals surface area contributed by atoms with Gasteiger partial charge in [-0.2, -0.15) is 5.10 Å². The molecule has 0 aliphatic carbocycles. The maximum Gasteiger partial charge on any atom is 0.227 e. The number of ether oxygens (including phenoxy) is 2. The van der Waals surface area contributed by atoms with Crippen molar-refractivity contribution in [3.8, 4) is 5.75 Å². The van der Waals surface area contributed by atoms with E-state index < -0.39 is 5.92 Å². The minimum absolute atomic E-state index is 0.0697. The monoisotopic (exact) mass is 525 g/mol. The molecule has 2 aromatic heterocycles. The highest BCUT2D eigenvalue weighted by Gasteiger charge is 2.35. The summed E-state index contributed by atoms with van der Waals surface area (Å²) < 4.78 is 12.6. The summed E-state index contributed by atoms with van der Waals surface area (Å²) in [5.41, 5.74) is 1.49. The molecule has 37 heavy (non-hydrogen) atoms. The molecule has 5 rings (SSSR count). The van der Waals surface area contributed by atoms with Gasteiger partial charge in [-0.05, 0) is 17.9 Å². The van der Waals surface area contributed by atoms with Crippen LogP contribution in [0.2, 0.25) is 0 Å². The Kier molecular flexibility index (Phi) is 7.75. The van der Waals surface area contributed by atoms with Crippen molar-refractivity contribution in [2.75, 3.05) is 62.1 Å². The fourth-order valence-electron chi connectivity index (χ4n) is 4.63. The van der Waals surface area contributed by atoms with E-state index in [9.17, 15) is 9.59 Å². The number of rotatable bonds is 9. The van der Waals surface area contributed by atoms with E-state index in [-0.39, 0.29) is 18.2 Å². The molecule has 2 amide bonds. The van der Waals surface area contributed by atoms with E-state index >= 15 is 0 Å². The summed E-state index contributed by atoms with van der Waals surface area (Å²) in [5, 5.41) is 9.13. The molecule has 2 aliphatic rings. The fourth-order valence-corrected chi connectivity index (χ4v) is 5.20. The van der Waals surface area contributed by atoms with Crippen molar-refractivity contribution >= 4 is 46.1 Å². The molecule has 0 spiro atoms. The van der Waals surface area contributed by atoms with Crippen LogP contribution in [0.4, 0.5) is 11.5 Å². The Morgan fingerprint density at radius 1 is 1.27 bits per heavy atom. The first-order chi connectivity index (χ1) is 18.1. The lowest BCUT2D eigenvalue weighted by molar-refractivity contribution is -0.126. The predicted octanol–water partition coefficient (Wildman–Crippen LogP) is 1.95. The lowest BCUT2D eigenvalue weighted by Gasteiger charge is -2.28. The summed E-state index contributed by atoms with van der Waals surface area (Å²) in [6.07, 6.45) is 1.98. The lowest BCUT2D eigenvalue weighted by atomic mass is 10.1. The van der Waals surface area contributed by atoms with E-state index in [0.29, 0.717) is 43.8 Å². The van der Waals surface area contributed by atoms with E-state index in [0.717, 1.165) is 41.4 Å². The van der Waals surface area contributed by atoms with Gasteiger partial charge in [-0.3, -0.25) is 9.59 Å². The molecule has 1 N–H and O–H groups in total. The summed E-state index contributed by atoms with van der Waals surface area (Å²) in [6.45, 7) is 6.14. The quantitative estimate of drug-likeness (QED) is 0.331. The minimum Gasteiger partial charge on any atom is -0.497 e. The number of anilines is 2. The van der Waals surface area contributed by atoms with Gasteiger partial charge >= 0.3 is 0 Å². The van der Waals surface area contributed by atoms with Crippen molar-refractivity contribution in [1.29, 1.82) is 0 Å². The summed E-state index contributed by atoms with van der Waals surface area (Å²) in [5.74, 6) is 1.80. The van der Waals surface area contributed by atoms with Gasteiger partial charge in [-0.15, -0.1) is 0 Å². The first-order valence-corrected chi connectivity index (χ1v) is 13.5. The number of aromatic nitrogens is 4. The zero-order chi connectivity index (χ0) is 25.8. The highest BCUT2D eigenvalue weighted by Crippen LogP contribution is 2.29. The molecule has 12 heteroatoms. The van der Waals surface area contributed by atoms with Crippen molar-refractivity contribution in [2.45, 2.75) is 25.0 Å². The molecule has 4 heterocycles. The summed E-state index contributed by atoms with van der Waals surface area (Å²) >= 11 is 1.59. The predicted molar refractivity (Wildman–Crippen MR) is 141 cm³/mol. The Morgan fingerprint density at radius 3 is 2.89 bits per heavy atom. The molecule has 1 aromatic carbocycles. The number of carbonyl (C=O) groups excluding carboxylic acids is 2. The number of methoxy groups -OCH3 is 1. The maximum absolute atomic E-state index is 12.9. The highest BCUT2D eigenvalue weighted by molar-refractivity contribution is 7.99. The third-order valence-corrected chi connectivity index (χ3v) is 7.25. The van der Waals surface area contributed by atoms with Gasteiger partial charge < -0.3 is 24.6 Å². The van der Waals surface area contributed by atoms with Crippen LogP contribution in [0.15, 0.2) is 35.6 Å². The summed E-state index contributed by atoms with van der Waals surface area (Å²) in [4.78, 5) is 38.9. The average molecular weight is 526 g/mol. The Hall–Kier alpha value is -3.38. The molecule has 0 radical (unpaired) electrons. The standard InChI is InChI=1S/C25H31N7O4S/c1-3-37-25-28-22(30-9-11-36-12-10-30)20-15-27-32(23(20)29-25)8-7-26-24(34)17-13-21(33)31(16-17)18-5-4-6-19(14-18)35-2/h4-6,14-15,17H,3,7-13,16H2,1-2H3,(H,26,34). The summed E-state index contributed by atoms with van der Waals surface area (Å²) in [6, 6.07) is 7.31. The molecule has 2 fully saturated rings. The number of thioether (sulfide) groups is 1. The van der Waals surface area contributed by atoms with Crippen LogP contribution in [0, 0.1) is 5.92 Å². The van der Waals surface area contributed by atoms with Crippen LogP contribution in [0.25, 0.3) is 11.0 Å². The number of nitrogens with one attached hydrogen (secondary N) is 1. The van der Waals surface area contributed by atoms with E-state index in [2.05, 4.69) is 22.2 Å². The number of benzene rings is 1. The van der Waals surface area contributed by atoms with E-state index in [4.69, 9.17) is 19.4 Å². The van der Waals surface area contributed by atoms with Crippen LogP contribution in [0.3, 0.4) is 0 Å².